The van der Waals surface area contributed by atoms with Gasteiger partial charge in [-0.3, -0.25) is 4.90 Å². The summed E-state index contributed by atoms with van der Waals surface area (Å²) in [5.74, 6) is -0.00597. The number of aromatic nitrogens is 2. The van der Waals surface area contributed by atoms with Gasteiger partial charge in [-0.15, -0.1) is 0 Å². The van der Waals surface area contributed by atoms with E-state index in [4.69, 9.17) is 4.98 Å². The SMILES string of the molecule is O=C(O)c1ccc2c(c1)nc(-c1cccc(CN(CCCCO)Cc3ccccc3)c1)n2C1CCCCC1. The maximum Gasteiger partial charge on any atom is 0.335 e. The minimum atomic E-state index is -0.928. The molecule has 0 amide bonds. The fourth-order valence-corrected chi connectivity index (χ4v) is 5.71. The van der Waals surface area contributed by atoms with Crippen molar-refractivity contribution in [3.05, 3.63) is 89.5 Å². The fourth-order valence-electron chi connectivity index (χ4n) is 5.71. The number of aromatic carboxylic acids is 1. The minimum absolute atomic E-state index is 0.218. The Bertz CT molecular complexity index is 1360. The first kappa shape index (κ1) is 26.1. The molecular formula is C32H37N3O3. The highest BCUT2D eigenvalue weighted by Gasteiger charge is 2.23. The van der Waals surface area contributed by atoms with Crippen LogP contribution in [0.5, 0.6) is 0 Å². The molecule has 1 aliphatic rings. The highest BCUT2D eigenvalue weighted by atomic mass is 16.4. The number of carboxylic acid groups (broad SMARTS) is 1. The van der Waals surface area contributed by atoms with Crippen molar-refractivity contribution >= 4 is 17.0 Å². The molecule has 198 valence electrons. The van der Waals surface area contributed by atoms with Gasteiger partial charge in [-0.1, -0.05) is 67.8 Å². The van der Waals surface area contributed by atoms with Crippen molar-refractivity contribution in [1.29, 1.82) is 0 Å². The third kappa shape index (κ3) is 6.14. The molecule has 0 unspecified atom stereocenters. The van der Waals surface area contributed by atoms with Crippen LogP contribution in [-0.2, 0) is 13.1 Å². The van der Waals surface area contributed by atoms with Crippen molar-refractivity contribution in [3.63, 3.8) is 0 Å². The number of hydrogen-bond acceptors (Lipinski definition) is 4. The Morgan fingerprint density at radius 1 is 0.895 bits per heavy atom. The highest BCUT2D eigenvalue weighted by Crippen LogP contribution is 2.36. The average molecular weight is 512 g/mol. The maximum atomic E-state index is 11.6. The number of aliphatic hydroxyl groups is 1. The number of aliphatic hydroxyl groups excluding tert-OH is 1. The van der Waals surface area contributed by atoms with E-state index in [0.717, 1.165) is 67.7 Å². The molecule has 6 heteroatoms. The van der Waals surface area contributed by atoms with Gasteiger partial charge in [0.1, 0.15) is 5.82 Å². The number of nitrogens with zero attached hydrogens (tertiary/aromatic N) is 3. The Morgan fingerprint density at radius 2 is 1.66 bits per heavy atom. The molecule has 1 fully saturated rings. The molecule has 38 heavy (non-hydrogen) atoms. The molecule has 1 aromatic heterocycles. The van der Waals surface area contributed by atoms with E-state index < -0.39 is 5.97 Å². The van der Waals surface area contributed by atoms with Crippen LogP contribution in [0.3, 0.4) is 0 Å². The summed E-state index contributed by atoms with van der Waals surface area (Å²) in [6.45, 7) is 2.80. The lowest BCUT2D eigenvalue weighted by Crippen LogP contribution is -2.24. The van der Waals surface area contributed by atoms with E-state index in [1.54, 1.807) is 12.1 Å². The van der Waals surface area contributed by atoms with Crippen molar-refractivity contribution in [2.24, 2.45) is 0 Å². The second kappa shape index (κ2) is 12.4. The van der Waals surface area contributed by atoms with Gasteiger partial charge >= 0.3 is 5.97 Å². The Labute approximate surface area is 224 Å². The first-order valence-electron chi connectivity index (χ1n) is 13.8. The zero-order valence-electron chi connectivity index (χ0n) is 21.9. The summed E-state index contributed by atoms with van der Waals surface area (Å²) < 4.78 is 2.36. The van der Waals surface area contributed by atoms with Gasteiger partial charge in [0.05, 0.1) is 16.6 Å². The normalized spacial score (nSPS) is 14.4. The molecule has 0 atom stereocenters. The summed E-state index contributed by atoms with van der Waals surface area (Å²) in [6.07, 6.45) is 7.67. The summed E-state index contributed by atoms with van der Waals surface area (Å²) in [4.78, 5) is 19.1. The van der Waals surface area contributed by atoms with Gasteiger partial charge in [0, 0.05) is 31.3 Å². The molecule has 1 saturated carbocycles. The number of carboxylic acids is 1. The first-order valence-corrected chi connectivity index (χ1v) is 13.8. The van der Waals surface area contributed by atoms with Gasteiger partial charge in [0.25, 0.3) is 0 Å². The number of unbranched alkanes of at least 4 members (excludes halogenated alkanes) is 1. The van der Waals surface area contributed by atoms with Crippen LogP contribution in [-0.4, -0.2) is 43.8 Å². The van der Waals surface area contributed by atoms with Crippen LogP contribution in [0.4, 0.5) is 0 Å². The predicted molar refractivity (Wildman–Crippen MR) is 151 cm³/mol. The molecule has 3 aromatic carbocycles. The average Bonchev–Trinajstić information content (AvgIpc) is 3.33. The molecule has 0 radical (unpaired) electrons. The van der Waals surface area contributed by atoms with E-state index in [1.165, 1.54) is 30.4 Å². The number of hydrogen-bond donors (Lipinski definition) is 2. The van der Waals surface area contributed by atoms with Crippen LogP contribution in [0.15, 0.2) is 72.8 Å². The lowest BCUT2D eigenvalue weighted by atomic mass is 9.94. The topological polar surface area (TPSA) is 78.6 Å². The van der Waals surface area contributed by atoms with Gasteiger partial charge in [0.15, 0.2) is 0 Å². The molecule has 6 nitrogen and oxygen atoms in total. The fraction of sp³-hybridized carbons (Fsp3) is 0.375. The van der Waals surface area contributed by atoms with Crippen molar-refractivity contribution in [1.82, 2.24) is 14.5 Å². The van der Waals surface area contributed by atoms with Crippen molar-refractivity contribution < 1.29 is 15.0 Å². The monoisotopic (exact) mass is 511 g/mol. The van der Waals surface area contributed by atoms with Gasteiger partial charge < -0.3 is 14.8 Å². The van der Waals surface area contributed by atoms with E-state index in [0.29, 0.717) is 6.04 Å². The van der Waals surface area contributed by atoms with E-state index in [2.05, 4.69) is 58.0 Å². The van der Waals surface area contributed by atoms with Gasteiger partial charge in [-0.2, -0.15) is 0 Å². The third-order valence-electron chi connectivity index (χ3n) is 7.60. The zero-order chi connectivity index (χ0) is 26.3. The van der Waals surface area contributed by atoms with Crippen molar-refractivity contribution in [2.75, 3.05) is 13.2 Å². The summed E-state index contributed by atoms with van der Waals surface area (Å²) in [5, 5.41) is 18.8. The molecular weight excluding hydrogens is 474 g/mol. The minimum Gasteiger partial charge on any atom is -0.478 e. The lowest BCUT2D eigenvalue weighted by Gasteiger charge is -2.26. The van der Waals surface area contributed by atoms with Crippen LogP contribution in [0.2, 0.25) is 0 Å². The maximum absolute atomic E-state index is 11.6. The molecule has 2 N–H and O–H groups in total. The largest absolute Gasteiger partial charge is 0.478 e. The Kier molecular flexibility index (Phi) is 8.51. The first-order chi connectivity index (χ1) is 18.6. The molecule has 1 heterocycles. The summed E-state index contributed by atoms with van der Waals surface area (Å²) >= 11 is 0. The van der Waals surface area contributed by atoms with E-state index >= 15 is 0 Å². The quantitative estimate of drug-likeness (QED) is 0.220. The predicted octanol–water partition coefficient (Wildman–Crippen LogP) is 6.68. The van der Waals surface area contributed by atoms with Crippen LogP contribution in [0.25, 0.3) is 22.4 Å². The van der Waals surface area contributed by atoms with Crippen molar-refractivity contribution in [3.8, 4) is 11.4 Å². The second-order valence-corrected chi connectivity index (χ2v) is 10.4. The lowest BCUT2D eigenvalue weighted by molar-refractivity contribution is 0.0697. The van der Waals surface area contributed by atoms with Crippen LogP contribution in [0, 0.1) is 0 Å². The molecule has 0 aliphatic heterocycles. The van der Waals surface area contributed by atoms with Crippen LogP contribution in [0.1, 0.15) is 72.5 Å². The molecule has 1 aliphatic carbocycles. The number of fused-ring (bicyclic) bond motifs is 1. The Hall–Kier alpha value is -3.48. The standard InChI is InChI=1S/C32H37N3O3/c36-19-8-7-18-34(22-24-10-3-1-4-11-24)23-25-12-9-13-26(20-25)31-33-29-21-27(32(37)38)16-17-30(29)35(31)28-14-5-2-6-15-28/h1,3-4,9-13,16-17,20-21,28,36H,2,5-8,14-15,18-19,22-23H2,(H,37,38). The van der Waals surface area contributed by atoms with Crippen LogP contribution < -0.4 is 0 Å². The number of rotatable bonds is 11. The van der Waals surface area contributed by atoms with E-state index in [1.807, 2.05) is 12.1 Å². The number of benzene rings is 3. The summed E-state index contributed by atoms with van der Waals surface area (Å²) in [6, 6.07) is 24.8. The second-order valence-electron chi connectivity index (χ2n) is 10.4. The number of imidazole rings is 1. The van der Waals surface area contributed by atoms with Gasteiger partial charge in [-0.25, -0.2) is 9.78 Å². The van der Waals surface area contributed by atoms with E-state index in [9.17, 15) is 15.0 Å². The molecule has 0 saturated heterocycles. The molecule has 0 bridgehead atoms. The summed E-state index contributed by atoms with van der Waals surface area (Å²) in [7, 11) is 0. The highest BCUT2D eigenvalue weighted by molar-refractivity contribution is 5.93. The molecule has 4 aromatic rings. The third-order valence-corrected chi connectivity index (χ3v) is 7.60. The van der Waals surface area contributed by atoms with Gasteiger partial charge in [-0.05, 0) is 67.6 Å². The van der Waals surface area contributed by atoms with Crippen molar-refractivity contribution in [2.45, 2.75) is 64.1 Å². The smallest absolute Gasteiger partial charge is 0.335 e. The Balaban J connectivity index is 1.48. The van der Waals surface area contributed by atoms with E-state index in [-0.39, 0.29) is 12.2 Å². The molecule has 0 spiro atoms. The van der Waals surface area contributed by atoms with Gasteiger partial charge in [0.2, 0.25) is 0 Å². The molecule has 5 rings (SSSR count). The van der Waals surface area contributed by atoms with Crippen LogP contribution >= 0.6 is 0 Å². The number of carbonyl (C=O) groups is 1. The Morgan fingerprint density at radius 3 is 2.42 bits per heavy atom. The zero-order valence-corrected chi connectivity index (χ0v) is 21.9. The summed E-state index contributed by atoms with van der Waals surface area (Å²) in [5.41, 5.74) is 5.58.